The van der Waals surface area contributed by atoms with E-state index in [1.165, 1.54) is 0 Å². The molecule has 0 heterocycles. The molecule has 1 aliphatic rings. The van der Waals surface area contributed by atoms with Crippen molar-refractivity contribution in [2.24, 2.45) is 23.2 Å². The Morgan fingerprint density at radius 1 is 1.21 bits per heavy atom. The minimum Gasteiger partial charge on any atom is -0.383 e. The summed E-state index contributed by atoms with van der Waals surface area (Å²) in [4.78, 5) is 12.1. The highest BCUT2D eigenvalue weighted by molar-refractivity contribution is 5.92. The fourth-order valence-electron chi connectivity index (χ4n) is 2.89. The van der Waals surface area contributed by atoms with Crippen LogP contribution in [0.25, 0.3) is 0 Å². The van der Waals surface area contributed by atoms with Crippen LogP contribution in [0.5, 0.6) is 0 Å². The van der Waals surface area contributed by atoms with Gasteiger partial charge in [0.15, 0.2) is 5.78 Å². The zero-order chi connectivity index (χ0) is 11.3. The van der Waals surface area contributed by atoms with Gasteiger partial charge in [0.05, 0.1) is 0 Å². The van der Waals surface area contributed by atoms with Gasteiger partial charge in [-0.3, -0.25) is 4.79 Å². The fraction of sp³-hybridized carbons (Fsp3) is 0.917. The van der Waals surface area contributed by atoms with E-state index in [4.69, 9.17) is 0 Å². The maximum absolute atomic E-state index is 12.1. The summed E-state index contributed by atoms with van der Waals surface area (Å²) >= 11 is 0. The Balaban J connectivity index is 2.93. The zero-order valence-electron chi connectivity index (χ0n) is 10.1. The summed E-state index contributed by atoms with van der Waals surface area (Å²) in [6.45, 7) is 11.5. The van der Waals surface area contributed by atoms with Gasteiger partial charge in [0.25, 0.3) is 0 Å². The minimum absolute atomic E-state index is 0.0110. The Hall–Kier alpha value is -0.370. The van der Waals surface area contributed by atoms with Crippen molar-refractivity contribution in [3.63, 3.8) is 0 Å². The number of hydrogen-bond acceptors (Lipinski definition) is 2. The zero-order valence-corrected chi connectivity index (χ0v) is 10.1. The number of ketones is 1. The smallest absolute Gasteiger partial charge is 0.170 e. The molecule has 0 aromatic carbocycles. The number of aliphatic hydroxyl groups is 1. The molecule has 2 atom stereocenters. The van der Waals surface area contributed by atoms with Crippen LogP contribution in [0.4, 0.5) is 0 Å². The van der Waals surface area contributed by atoms with Crippen molar-refractivity contribution in [2.45, 2.75) is 47.1 Å². The van der Waals surface area contributed by atoms with Crippen molar-refractivity contribution in [1.29, 1.82) is 0 Å². The monoisotopic (exact) mass is 198 g/mol. The quantitative estimate of drug-likeness (QED) is 0.739. The second-order valence-electron chi connectivity index (χ2n) is 5.61. The van der Waals surface area contributed by atoms with Crippen LogP contribution < -0.4 is 0 Å². The SMILES string of the molecule is CC1C(C)C(C)(C(=O)C(C)(C)O)C1C. The first kappa shape index (κ1) is 11.7. The molecule has 0 saturated heterocycles. The number of hydrogen-bond donors (Lipinski definition) is 1. The van der Waals surface area contributed by atoms with Crippen LogP contribution in [-0.2, 0) is 4.79 Å². The van der Waals surface area contributed by atoms with E-state index >= 15 is 0 Å². The molecule has 1 N–H and O–H groups in total. The molecule has 2 unspecified atom stereocenters. The first-order valence-electron chi connectivity index (χ1n) is 5.40. The van der Waals surface area contributed by atoms with E-state index < -0.39 is 5.60 Å². The Bertz CT molecular complexity index is 240. The molecule has 1 rings (SSSR count). The lowest BCUT2D eigenvalue weighted by Crippen LogP contribution is -2.60. The van der Waals surface area contributed by atoms with Crippen molar-refractivity contribution in [3.8, 4) is 0 Å². The third kappa shape index (κ3) is 1.31. The normalized spacial score (nSPS) is 43.2. The van der Waals surface area contributed by atoms with Crippen molar-refractivity contribution >= 4 is 5.78 Å². The van der Waals surface area contributed by atoms with Gasteiger partial charge in [-0.1, -0.05) is 27.7 Å². The molecule has 1 aliphatic carbocycles. The summed E-state index contributed by atoms with van der Waals surface area (Å²) in [5, 5.41) is 9.76. The molecule has 0 radical (unpaired) electrons. The van der Waals surface area contributed by atoms with Gasteiger partial charge in [-0.05, 0) is 31.6 Å². The Morgan fingerprint density at radius 2 is 1.57 bits per heavy atom. The van der Waals surface area contributed by atoms with Gasteiger partial charge in [0.1, 0.15) is 5.60 Å². The van der Waals surface area contributed by atoms with Gasteiger partial charge in [0.2, 0.25) is 0 Å². The number of Topliss-reactive ketones (excluding diaryl/α,β-unsaturated/α-hetero) is 1. The first-order valence-corrected chi connectivity index (χ1v) is 5.40. The van der Waals surface area contributed by atoms with E-state index in [9.17, 15) is 9.90 Å². The molecule has 14 heavy (non-hydrogen) atoms. The molecule has 2 heteroatoms. The molecule has 1 fully saturated rings. The van der Waals surface area contributed by atoms with E-state index in [2.05, 4.69) is 20.8 Å². The molecule has 0 aromatic heterocycles. The van der Waals surface area contributed by atoms with E-state index in [1.807, 2.05) is 6.92 Å². The second kappa shape index (κ2) is 3.06. The standard InChI is InChI=1S/C12H22O2/c1-7-8(2)12(6,9(7)3)10(13)11(4,5)14/h7-9,14H,1-6H3. The van der Waals surface area contributed by atoms with E-state index in [0.29, 0.717) is 17.8 Å². The highest BCUT2D eigenvalue weighted by atomic mass is 16.3. The third-order valence-electron chi connectivity index (χ3n) is 4.51. The van der Waals surface area contributed by atoms with E-state index in [0.717, 1.165) is 0 Å². The first-order chi connectivity index (χ1) is 6.13. The van der Waals surface area contributed by atoms with Crippen LogP contribution in [0.1, 0.15) is 41.5 Å². The molecule has 1 saturated carbocycles. The van der Waals surface area contributed by atoms with Crippen LogP contribution in [-0.4, -0.2) is 16.5 Å². The van der Waals surface area contributed by atoms with Crippen molar-refractivity contribution in [3.05, 3.63) is 0 Å². The summed E-state index contributed by atoms with van der Waals surface area (Å²) in [6.07, 6.45) is 0. The molecule has 0 aromatic rings. The average Bonchev–Trinajstić information content (AvgIpc) is 2.11. The van der Waals surface area contributed by atoms with Gasteiger partial charge in [-0.2, -0.15) is 0 Å². The Labute approximate surface area is 86.7 Å². The predicted octanol–water partition coefficient (Wildman–Crippen LogP) is 2.25. The van der Waals surface area contributed by atoms with E-state index in [-0.39, 0.29) is 11.2 Å². The van der Waals surface area contributed by atoms with Crippen LogP contribution in [0.3, 0.4) is 0 Å². The molecule has 2 nitrogen and oxygen atoms in total. The van der Waals surface area contributed by atoms with Gasteiger partial charge >= 0.3 is 0 Å². The number of carbonyl (C=O) groups excluding carboxylic acids is 1. The minimum atomic E-state index is -1.20. The van der Waals surface area contributed by atoms with Gasteiger partial charge < -0.3 is 5.11 Å². The maximum Gasteiger partial charge on any atom is 0.170 e. The fourth-order valence-corrected chi connectivity index (χ4v) is 2.89. The largest absolute Gasteiger partial charge is 0.383 e. The number of rotatable bonds is 2. The molecule has 0 amide bonds. The van der Waals surface area contributed by atoms with Crippen LogP contribution >= 0.6 is 0 Å². The van der Waals surface area contributed by atoms with Crippen molar-refractivity contribution in [1.82, 2.24) is 0 Å². The summed E-state index contributed by atoms with van der Waals surface area (Å²) < 4.78 is 0. The molecule has 0 aliphatic heterocycles. The summed E-state index contributed by atoms with van der Waals surface area (Å²) in [5.74, 6) is 1.31. The Kier molecular flexibility index (Phi) is 2.56. The average molecular weight is 198 g/mol. The van der Waals surface area contributed by atoms with E-state index in [1.54, 1.807) is 13.8 Å². The number of carbonyl (C=O) groups is 1. The molecular formula is C12H22O2. The third-order valence-corrected chi connectivity index (χ3v) is 4.51. The van der Waals surface area contributed by atoms with Crippen LogP contribution in [0.2, 0.25) is 0 Å². The van der Waals surface area contributed by atoms with Crippen LogP contribution in [0.15, 0.2) is 0 Å². The van der Waals surface area contributed by atoms with Gasteiger partial charge in [0, 0.05) is 5.41 Å². The summed E-state index contributed by atoms with van der Waals surface area (Å²) in [7, 11) is 0. The summed E-state index contributed by atoms with van der Waals surface area (Å²) in [6, 6.07) is 0. The van der Waals surface area contributed by atoms with Crippen molar-refractivity contribution < 1.29 is 9.90 Å². The highest BCUT2D eigenvalue weighted by Crippen LogP contribution is 2.57. The lowest BCUT2D eigenvalue weighted by molar-refractivity contribution is -0.170. The predicted molar refractivity (Wildman–Crippen MR) is 56.9 cm³/mol. The van der Waals surface area contributed by atoms with Crippen LogP contribution in [0, 0.1) is 23.2 Å². The lowest BCUT2D eigenvalue weighted by Gasteiger charge is -2.57. The Morgan fingerprint density at radius 3 is 1.86 bits per heavy atom. The molecule has 0 bridgehead atoms. The van der Waals surface area contributed by atoms with Gasteiger partial charge in [-0.15, -0.1) is 0 Å². The molecular weight excluding hydrogens is 176 g/mol. The van der Waals surface area contributed by atoms with Crippen molar-refractivity contribution in [2.75, 3.05) is 0 Å². The highest BCUT2D eigenvalue weighted by Gasteiger charge is 2.59. The maximum atomic E-state index is 12.1. The molecule has 82 valence electrons. The topological polar surface area (TPSA) is 37.3 Å². The molecule has 0 spiro atoms. The lowest BCUT2D eigenvalue weighted by atomic mass is 9.46. The summed E-state index contributed by atoms with van der Waals surface area (Å²) in [5.41, 5.74) is -1.53. The second-order valence-corrected chi connectivity index (χ2v) is 5.61. The van der Waals surface area contributed by atoms with Gasteiger partial charge in [-0.25, -0.2) is 0 Å².